The summed E-state index contributed by atoms with van der Waals surface area (Å²) < 4.78 is 0. The molecule has 3 heterocycles. The third kappa shape index (κ3) is 2.82. The Kier molecular flexibility index (Phi) is 4.07. The van der Waals surface area contributed by atoms with Crippen LogP contribution in [0.2, 0.25) is 0 Å². The molecule has 0 unspecified atom stereocenters. The van der Waals surface area contributed by atoms with Crippen LogP contribution in [0.4, 0.5) is 0 Å². The average molecular weight is 320 g/mol. The Hall–Kier alpha value is -2.56. The van der Waals surface area contributed by atoms with Crippen LogP contribution in [-0.2, 0) is 17.6 Å². The number of amides is 1. The van der Waals surface area contributed by atoms with Gasteiger partial charge in [-0.3, -0.25) is 9.78 Å². The topological polar surface area (TPSA) is 59.0 Å². The van der Waals surface area contributed by atoms with Gasteiger partial charge < -0.3 is 4.90 Å². The number of pyridine rings is 1. The van der Waals surface area contributed by atoms with E-state index in [1.165, 1.54) is 0 Å². The Labute approximate surface area is 141 Å². The fourth-order valence-electron chi connectivity index (χ4n) is 3.58. The van der Waals surface area contributed by atoms with Gasteiger partial charge in [-0.25, -0.2) is 9.97 Å². The fraction of sp³-hybridized carbons (Fsp3) is 0.368. The number of carbonyl (C=O) groups is 1. The van der Waals surface area contributed by atoms with Crippen LogP contribution in [0.25, 0.3) is 11.3 Å². The van der Waals surface area contributed by atoms with Crippen LogP contribution in [0.5, 0.6) is 0 Å². The molecule has 0 radical (unpaired) electrons. The predicted molar refractivity (Wildman–Crippen MR) is 91.1 cm³/mol. The SMILES string of the molecule is O=C(C1CC=CC1)N1CCc2ncnc(-c3cccnc3)c2CC1. The quantitative estimate of drug-likeness (QED) is 0.798. The van der Waals surface area contributed by atoms with Crippen LogP contribution in [0.1, 0.15) is 24.1 Å². The Bertz CT molecular complexity index is 764. The predicted octanol–water partition coefficient (Wildman–Crippen LogP) is 2.43. The number of fused-ring (bicyclic) bond motifs is 1. The third-order valence-electron chi connectivity index (χ3n) is 4.89. The van der Waals surface area contributed by atoms with Gasteiger partial charge in [-0.2, -0.15) is 0 Å². The first-order valence-corrected chi connectivity index (χ1v) is 8.50. The lowest BCUT2D eigenvalue weighted by atomic mass is 10.0. The molecular formula is C19H20N4O. The second kappa shape index (κ2) is 6.51. The van der Waals surface area contributed by atoms with Crippen molar-refractivity contribution in [2.24, 2.45) is 5.92 Å². The summed E-state index contributed by atoms with van der Waals surface area (Å²) in [6, 6.07) is 3.94. The summed E-state index contributed by atoms with van der Waals surface area (Å²) in [4.78, 5) is 27.9. The molecule has 4 rings (SSSR count). The van der Waals surface area contributed by atoms with Crippen LogP contribution < -0.4 is 0 Å². The van der Waals surface area contributed by atoms with Crippen LogP contribution in [0.3, 0.4) is 0 Å². The van der Waals surface area contributed by atoms with E-state index in [-0.39, 0.29) is 11.8 Å². The van der Waals surface area contributed by atoms with E-state index in [1.807, 2.05) is 23.2 Å². The van der Waals surface area contributed by atoms with E-state index in [9.17, 15) is 4.79 Å². The zero-order valence-corrected chi connectivity index (χ0v) is 13.6. The largest absolute Gasteiger partial charge is 0.342 e. The lowest BCUT2D eigenvalue weighted by Gasteiger charge is -2.23. The summed E-state index contributed by atoms with van der Waals surface area (Å²) in [6.07, 6.45) is 12.8. The molecule has 0 aromatic carbocycles. The van der Waals surface area contributed by atoms with Gasteiger partial charge in [0.2, 0.25) is 5.91 Å². The minimum atomic E-state index is 0.134. The molecule has 1 aliphatic heterocycles. The highest BCUT2D eigenvalue weighted by Gasteiger charge is 2.27. The average Bonchev–Trinajstić information content (AvgIpc) is 3.08. The first kappa shape index (κ1) is 15.0. The molecule has 0 spiro atoms. The van der Waals surface area contributed by atoms with E-state index in [0.717, 1.165) is 61.3 Å². The summed E-state index contributed by atoms with van der Waals surface area (Å²) in [7, 11) is 0. The van der Waals surface area contributed by atoms with Crippen molar-refractivity contribution in [1.82, 2.24) is 19.9 Å². The van der Waals surface area contributed by atoms with Crippen molar-refractivity contribution in [2.75, 3.05) is 13.1 Å². The monoisotopic (exact) mass is 320 g/mol. The van der Waals surface area contributed by atoms with Crippen molar-refractivity contribution in [3.8, 4) is 11.3 Å². The second-order valence-electron chi connectivity index (χ2n) is 6.35. The van der Waals surface area contributed by atoms with E-state index in [1.54, 1.807) is 12.5 Å². The second-order valence-corrected chi connectivity index (χ2v) is 6.35. The highest BCUT2D eigenvalue weighted by Crippen LogP contribution is 2.27. The summed E-state index contributed by atoms with van der Waals surface area (Å²) in [5.74, 6) is 0.416. The molecule has 2 aliphatic rings. The molecule has 0 saturated heterocycles. The van der Waals surface area contributed by atoms with Crippen LogP contribution in [0.15, 0.2) is 43.0 Å². The minimum Gasteiger partial charge on any atom is -0.342 e. The van der Waals surface area contributed by atoms with E-state index in [2.05, 4.69) is 27.1 Å². The first-order chi connectivity index (χ1) is 11.8. The number of allylic oxidation sites excluding steroid dienone is 2. The number of nitrogens with zero attached hydrogens (tertiary/aromatic N) is 4. The molecule has 1 amide bonds. The molecule has 122 valence electrons. The van der Waals surface area contributed by atoms with E-state index < -0.39 is 0 Å². The van der Waals surface area contributed by atoms with Crippen molar-refractivity contribution in [1.29, 1.82) is 0 Å². The zero-order valence-electron chi connectivity index (χ0n) is 13.6. The minimum absolute atomic E-state index is 0.134. The molecule has 1 aliphatic carbocycles. The van der Waals surface area contributed by atoms with Crippen molar-refractivity contribution in [2.45, 2.75) is 25.7 Å². The van der Waals surface area contributed by atoms with Crippen LogP contribution in [0, 0.1) is 5.92 Å². The van der Waals surface area contributed by atoms with Crippen molar-refractivity contribution in [3.05, 3.63) is 54.3 Å². The lowest BCUT2D eigenvalue weighted by molar-refractivity contribution is -0.135. The zero-order chi connectivity index (χ0) is 16.4. The molecule has 2 aromatic rings. The summed E-state index contributed by atoms with van der Waals surface area (Å²) in [5, 5.41) is 0. The van der Waals surface area contributed by atoms with Gasteiger partial charge in [-0.05, 0) is 31.4 Å². The van der Waals surface area contributed by atoms with Gasteiger partial charge in [0, 0.05) is 54.6 Å². The van der Waals surface area contributed by atoms with Crippen LogP contribution >= 0.6 is 0 Å². The molecular weight excluding hydrogens is 300 g/mol. The maximum Gasteiger partial charge on any atom is 0.226 e. The number of hydrogen-bond donors (Lipinski definition) is 0. The Morgan fingerprint density at radius 3 is 2.75 bits per heavy atom. The smallest absolute Gasteiger partial charge is 0.226 e. The van der Waals surface area contributed by atoms with Crippen LogP contribution in [-0.4, -0.2) is 38.8 Å². The number of rotatable bonds is 2. The molecule has 2 aromatic heterocycles. The lowest BCUT2D eigenvalue weighted by Crippen LogP contribution is -2.37. The van der Waals surface area contributed by atoms with Gasteiger partial charge in [0.1, 0.15) is 6.33 Å². The first-order valence-electron chi connectivity index (χ1n) is 8.50. The number of aromatic nitrogens is 3. The molecule has 0 fully saturated rings. The molecule has 24 heavy (non-hydrogen) atoms. The third-order valence-corrected chi connectivity index (χ3v) is 4.89. The van der Waals surface area contributed by atoms with E-state index in [4.69, 9.17) is 0 Å². The molecule has 0 bridgehead atoms. The van der Waals surface area contributed by atoms with Crippen molar-refractivity contribution in [3.63, 3.8) is 0 Å². The molecule has 5 nitrogen and oxygen atoms in total. The maximum atomic E-state index is 12.7. The summed E-state index contributed by atoms with van der Waals surface area (Å²) in [6.45, 7) is 1.48. The summed E-state index contributed by atoms with van der Waals surface area (Å²) >= 11 is 0. The Balaban J connectivity index is 1.58. The van der Waals surface area contributed by atoms with E-state index >= 15 is 0 Å². The van der Waals surface area contributed by atoms with E-state index in [0.29, 0.717) is 0 Å². The number of carbonyl (C=O) groups excluding carboxylic acids is 1. The van der Waals surface area contributed by atoms with Gasteiger partial charge in [0.05, 0.1) is 5.69 Å². The van der Waals surface area contributed by atoms with Gasteiger partial charge in [-0.15, -0.1) is 0 Å². The highest BCUT2D eigenvalue weighted by molar-refractivity contribution is 5.80. The molecule has 5 heteroatoms. The summed E-state index contributed by atoms with van der Waals surface area (Å²) in [5.41, 5.74) is 4.18. The number of hydrogen-bond acceptors (Lipinski definition) is 4. The van der Waals surface area contributed by atoms with Gasteiger partial charge in [0.15, 0.2) is 0 Å². The highest BCUT2D eigenvalue weighted by atomic mass is 16.2. The van der Waals surface area contributed by atoms with Crippen molar-refractivity contribution >= 4 is 5.91 Å². The maximum absolute atomic E-state index is 12.7. The molecule has 0 saturated carbocycles. The molecule has 0 N–H and O–H groups in total. The standard InChI is InChI=1S/C19H20N4O/c24-19(14-4-1-2-5-14)23-10-7-16-17(8-11-23)21-13-22-18(16)15-6-3-9-20-12-15/h1-3,6,9,12-14H,4-5,7-8,10-11H2. The Morgan fingerprint density at radius 2 is 1.96 bits per heavy atom. The van der Waals surface area contributed by atoms with Gasteiger partial charge in [-0.1, -0.05) is 12.2 Å². The van der Waals surface area contributed by atoms with Gasteiger partial charge in [0.25, 0.3) is 0 Å². The van der Waals surface area contributed by atoms with Crippen molar-refractivity contribution < 1.29 is 4.79 Å². The molecule has 0 atom stereocenters. The fourth-order valence-corrected chi connectivity index (χ4v) is 3.58. The normalized spacial score (nSPS) is 17.6. The Morgan fingerprint density at radius 1 is 1.12 bits per heavy atom. The van der Waals surface area contributed by atoms with Gasteiger partial charge >= 0.3 is 0 Å².